The summed E-state index contributed by atoms with van der Waals surface area (Å²) in [5.74, 6) is -0.0607. The number of sulfonamides is 2. The highest BCUT2D eigenvalue weighted by atomic mass is 32.2. The summed E-state index contributed by atoms with van der Waals surface area (Å²) in [6.45, 7) is 3.69. The maximum absolute atomic E-state index is 13.7. The van der Waals surface area contributed by atoms with E-state index in [2.05, 4.69) is 0 Å². The largest absolute Gasteiger partial charge is 0.353 e. The number of carbonyl (C=O) groups excluding carboxylic acids is 1. The van der Waals surface area contributed by atoms with Crippen LogP contribution in [0.15, 0.2) is 70.1 Å². The number of aryl methyl sites for hydroxylation is 2. The molecule has 1 saturated carbocycles. The maximum atomic E-state index is 13.7. The quantitative estimate of drug-likeness (QED) is 0.646. The number of urea groups is 1. The molecular formula is C24H26N2O5S2. The van der Waals surface area contributed by atoms with Gasteiger partial charge in [-0.1, -0.05) is 54.3 Å². The molecule has 5 rings (SSSR count). The maximum Gasteiger partial charge on any atom is 0.353 e. The second-order valence-electron chi connectivity index (χ2n) is 9.13. The van der Waals surface area contributed by atoms with Crippen LogP contribution in [0.25, 0.3) is 0 Å². The molecular weight excluding hydrogens is 460 g/mol. The van der Waals surface area contributed by atoms with Gasteiger partial charge in [-0.05, 0) is 62.8 Å². The molecule has 2 aliphatic carbocycles. The first kappa shape index (κ1) is 22.2. The minimum atomic E-state index is -4.27. The van der Waals surface area contributed by atoms with Gasteiger partial charge in [-0.25, -0.2) is 25.9 Å². The van der Waals surface area contributed by atoms with Gasteiger partial charge in [0.15, 0.2) is 0 Å². The zero-order valence-electron chi connectivity index (χ0n) is 18.5. The molecule has 0 spiro atoms. The van der Waals surface area contributed by atoms with E-state index < -0.39 is 32.1 Å². The first-order valence-corrected chi connectivity index (χ1v) is 14.0. The van der Waals surface area contributed by atoms with Gasteiger partial charge in [0.1, 0.15) is 0 Å². The lowest BCUT2D eigenvalue weighted by Gasteiger charge is -2.32. The highest BCUT2D eigenvalue weighted by Gasteiger charge is 2.59. The van der Waals surface area contributed by atoms with E-state index >= 15 is 0 Å². The Morgan fingerprint density at radius 3 is 1.85 bits per heavy atom. The van der Waals surface area contributed by atoms with Crippen molar-refractivity contribution in [1.82, 2.24) is 8.61 Å². The number of hydrogen-bond acceptors (Lipinski definition) is 5. The summed E-state index contributed by atoms with van der Waals surface area (Å²) in [5, 5.41) is 0. The van der Waals surface area contributed by atoms with Gasteiger partial charge in [0.25, 0.3) is 20.0 Å². The second-order valence-corrected chi connectivity index (χ2v) is 12.7. The van der Waals surface area contributed by atoms with Crippen LogP contribution in [0.3, 0.4) is 0 Å². The number of rotatable bonds is 4. The summed E-state index contributed by atoms with van der Waals surface area (Å²) in [4.78, 5) is 13.6. The SMILES string of the molecule is Cc1ccc(S(=O)(=O)N2C(=O)N(S(=O)(=O)c3ccc(C)cc3)[C@@H]3C2=C[C@@H]2CCCC[C@@H]23)cc1. The number of hydrogen-bond donors (Lipinski definition) is 0. The van der Waals surface area contributed by atoms with E-state index in [-0.39, 0.29) is 27.3 Å². The minimum absolute atomic E-state index is 0.0188. The summed E-state index contributed by atoms with van der Waals surface area (Å²) in [7, 11) is -8.53. The molecule has 2 aromatic carbocycles. The van der Waals surface area contributed by atoms with Gasteiger partial charge in [0.05, 0.1) is 21.5 Å². The standard InChI is InChI=1S/C24H26N2O5S2/c1-16-7-11-19(12-8-16)32(28,29)25-22-15-18-5-3-4-6-21(18)23(22)26(24(25)27)33(30,31)20-13-9-17(2)10-14-20/h7-15,18,21,23H,3-6H2,1-2H3/t18-,21-,23-/m0/s1. The van der Waals surface area contributed by atoms with E-state index in [1.54, 1.807) is 24.3 Å². The average Bonchev–Trinajstić information content (AvgIpc) is 3.27. The first-order valence-electron chi connectivity index (χ1n) is 11.1. The van der Waals surface area contributed by atoms with Crippen LogP contribution in [-0.4, -0.2) is 37.5 Å². The van der Waals surface area contributed by atoms with E-state index in [0.717, 1.165) is 45.4 Å². The van der Waals surface area contributed by atoms with E-state index in [9.17, 15) is 21.6 Å². The van der Waals surface area contributed by atoms with Crippen molar-refractivity contribution in [2.75, 3.05) is 0 Å². The van der Waals surface area contributed by atoms with Crippen LogP contribution in [0.4, 0.5) is 4.79 Å². The average molecular weight is 487 g/mol. The van der Waals surface area contributed by atoms with Crippen LogP contribution in [0.5, 0.6) is 0 Å². The summed E-state index contributed by atoms with van der Waals surface area (Å²) >= 11 is 0. The Labute approximate surface area is 194 Å². The molecule has 2 aromatic rings. The molecule has 174 valence electrons. The Hall–Kier alpha value is -2.65. The van der Waals surface area contributed by atoms with Gasteiger partial charge in [0.2, 0.25) is 0 Å². The van der Waals surface area contributed by atoms with Gasteiger partial charge in [0, 0.05) is 0 Å². The van der Waals surface area contributed by atoms with Crippen molar-refractivity contribution >= 4 is 26.1 Å². The van der Waals surface area contributed by atoms with E-state index in [4.69, 9.17) is 0 Å². The van der Waals surface area contributed by atoms with Crippen molar-refractivity contribution in [3.05, 3.63) is 71.4 Å². The Balaban J connectivity index is 1.65. The Morgan fingerprint density at radius 2 is 1.27 bits per heavy atom. The van der Waals surface area contributed by atoms with Crippen LogP contribution in [0.1, 0.15) is 36.8 Å². The van der Waals surface area contributed by atoms with Crippen LogP contribution in [0, 0.1) is 25.7 Å². The number of nitrogens with zero attached hydrogens (tertiary/aromatic N) is 2. The van der Waals surface area contributed by atoms with Crippen molar-refractivity contribution in [1.29, 1.82) is 0 Å². The lowest BCUT2D eigenvalue weighted by atomic mass is 9.80. The van der Waals surface area contributed by atoms with E-state index in [0.29, 0.717) is 0 Å². The molecule has 7 nitrogen and oxygen atoms in total. The molecule has 3 atom stereocenters. The van der Waals surface area contributed by atoms with Crippen molar-refractivity contribution < 1.29 is 21.6 Å². The number of benzene rings is 2. The molecule has 0 N–H and O–H groups in total. The van der Waals surface area contributed by atoms with Gasteiger partial charge in [-0.3, -0.25) is 0 Å². The molecule has 2 fully saturated rings. The van der Waals surface area contributed by atoms with Crippen molar-refractivity contribution in [2.24, 2.45) is 11.8 Å². The van der Waals surface area contributed by atoms with E-state index in [1.807, 2.05) is 19.9 Å². The van der Waals surface area contributed by atoms with Crippen molar-refractivity contribution in [2.45, 2.75) is 55.4 Å². The van der Waals surface area contributed by atoms with Gasteiger partial charge in [-0.15, -0.1) is 0 Å². The Kier molecular flexibility index (Phi) is 5.17. The molecule has 0 radical (unpaired) electrons. The van der Waals surface area contributed by atoms with Gasteiger partial charge in [-0.2, -0.15) is 4.31 Å². The number of carbonyl (C=O) groups is 1. The highest BCUT2D eigenvalue weighted by Crippen LogP contribution is 2.50. The lowest BCUT2D eigenvalue weighted by Crippen LogP contribution is -2.44. The first-order chi connectivity index (χ1) is 15.6. The minimum Gasteiger partial charge on any atom is -0.246 e. The Morgan fingerprint density at radius 1 is 0.758 bits per heavy atom. The predicted octanol–water partition coefficient (Wildman–Crippen LogP) is 4.19. The van der Waals surface area contributed by atoms with Crippen molar-refractivity contribution in [3.63, 3.8) is 0 Å². The molecule has 9 heteroatoms. The summed E-state index contributed by atoms with van der Waals surface area (Å²) in [6, 6.07) is 10.7. The molecule has 1 heterocycles. The number of amides is 2. The van der Waals surface area contributed by atoms with Crippen molar-refractivity contribution in [3.8, 4) is 0 Å². The fourth-order valence-electron chi connectivity index (χ4n) is 5.26. The summed E-state index contributed by atoms with van der Waals surface area (Å²) in [6.07, 6.45) is 5.36. The fourth-order valence-corrected chi connectivity index (χ4v) is 8.30. The third-order valence-corrected chi connectivity index (χ3v) is 10.4. The molecule has 0 unspecified atom stereocenters. The predicted molar refractivity (Wildman–Crippen MR) is 123 cm³/mol. The molecule has 2 amide bonds. The smallest absolute Gasteiger partial charge is 0.246 e. The summed E-state index contributed by atoms with van der Waals surface area (Å²) in [5.41, 5.74) is 2.04. The third-order valence-electron chi connectivity index (χ3n) is 6.95. The molecule has 0 bridgehead atoms. The molecule has 1 saturated heterocycles. The number of fused-ring (bicyclic) bond motifs is 3. The zero-order chi connectivity index (χ0) is 23.5. The normalized spacial score (nSPS) is 25.1. The van der Waals surface area contributed by atoms with Crippen LogP contribution < -0.4 is 0 Å². The lowest BCUT2D eigenvalue weighted by molar-refractivity contribution is 0.198. The topological polar surface area (TPSA) is 91.8 Å². The highest BCUT2D eigenvalue weighted by molar-refractivity contribution is 7.91. The summed E-state index contributed by atoms with van der Waals surface area (Å²) < 4.78 is 56.1. The zero-order valence-corrected chi connectivity index (χ0v) is 20.1. The molecule has 3 aliphatic rings. The Bertz CT molecular complexity index is 1350. The van der Waals surface area contributed by atoms with Gasteiger partial charge >= 0.3 is 6.03 Å². The number of allylic oxidation sites excluding steroid dienone is 1. The van der Waals surface area contributed by atoms with Crippen LogP contribution in [0.2, 0.25) is 0 Å². The van der Waals surface area contributed by atoms with Gasteiger partial charge < -0.3 is 0 Å². The molecule has 0 aromatic heterocycles. The molecule has 33 heavy (non-hydrogen) atoms. The third kappa shape index (κ3) is 3.40. The van der Waals surface area contributed by atoms with Crippen LogP contribution >= 0.6 is 0 Å². The fraction of sp³-hybridized carbons (Fsp3) is 0.375. The monoisotopic (exact) mass is 486 g/mol. The second kappa shape index (κ2) is 7.70. The molecule has 1 aliphatic heterocycles. The van der Waals surface area contributed by atoms with E-state index in [1.165, 1.54) is 24.3 Å². The van der Waals surface area contributed by atoms with Crippen LogP contribution in [-0.2, 0) is 20.0 Å².